The van der Waals surface area contributed by atoms with Gasteiger partial charge in [0.05, 0.1) is 28.0 Å². The molecular weight excluding hydrogens is 506 g/mol. The van der Waals surface area contributed by atoms with E-state index in [2.05, 4.69) is 16.7 Å². The molecule has 3 aliphatic heterocycles. The number of aryl methyl sites for hydroxylation is 1. The molecule has 3 fully saturated rings. The first-order valence-corrected chi connectivity index (χ1v) is 14.7. The largest absolute Gasteiger partial charge is 0.353 e. The number of hydrogen-bond acceptors (Lipinski definition) is 9. The maximum absolute atomic E-state index is 13.7. The van der Waals surface area contributed by atoms with E-state index in [1.54, 1.807) is 12.3 Å². The molecule has 35 heavy (non-hydrogen) atoms. The number of anilines is 1. The summed E-state index contributed by atoms with van der Waals surface area (Å²) in [6, 6.07) is 3.28. The van der Waals surface area contributed by atoms with Gasteiger partial charge < -0.3 is 9.80 Å². The molecule has 0 bridgehead atoms. The van der Waals surface area contributed by atoms with Crippen LogP contribution < -0.4 is 10.5 Å². The zero-order valence-corrected chi connectivity index (χ0v) is 22.1. The maximum atomic E-state index is 13.7. The number of thioether (sulfide) groups is 1. The zero-order chi connectivity index (χ0) is 24.9. The van der Waals surface area contributed by atoms with Gasteiger partial charge in [0.2, 0.25) is 0 Å². The SMILES string of the molecule is CCN1CCN(c2nc3ccc(C)cn3c(=O)c2/C=C2/SC(=S)N(C3CCS(=O)(=O)C3)C2=O)CC1. The average molecular weight is 534 g/mol. The first-order valence-electron chi connectivity index (χ1n) is 11.6. The second-order valence-corrected chi connectivity index (χ2v) is 13.0. The Balaban J connectivity index is 1.57. The normalized spacial score (nSPS) is 24.3. The average Bonchev–Trinajstić information content (AvgIpc) is 3.32. The number of aromatic nitrogens is 2. The molecule has 2 aromatic heterocycles. The Morgan fingerprint density at radius 2 is 1.94 bits per heavy atom. The predicted molar refractivity (Wildman–Crippen MR) is 143 cm³/mol. The molecule has 12 heteroatoms. The summed E-state index contributed by atoms with van der Waals surface area (Å²) in [5.74, 6) is 0.178. The fourth-order valence-corrected chi connectivity index (χ4v) is 7.88. The van der Waals surface area contributed by atoms with Crippen LogP contribution in [0.3, 0.4) is 0 Å². The molecule has 3 aliphatic rings. The number of rotatable bonds is 4. The summed E-state index contributed by atoms with van der Waals surface area (Å²) < 4.78 is 25.8. The van der Waals surface area contributed by atoms with E-state index >= 15 is 0 Å². The van der Waals surface area contributed by atoms with Crippen molar-refractivity contribution in [1.29, 1.82) is 0 Å². The van der Waals surface area contributed by atoms with E-state index in [1.165, 1.54) is 9.30 Å². The minimum atomic E-state index is -3.18. The summed E-state index contributed by atoms with van der Waals surface area (Å²) in [5.41, 5.74) is 1.57. The van der Waals surface area contributed by atoms with E-state index in [0.717, 1.165) is 50.0 Å². The highest BCUT2D eigenvalue weighted by molar-refractivity contribution is 8.26. The molecule has 1 amide bonds. The number of fused-ring (bicyclic) bond motifs is 1. The van der Waals surface area contributed by atoms with Crippen LogP contribution in [0.25, 0.3) is 11.7 Å². The lowest BCUT2D eigenvalue weighted by atomic mass is 10.2. The second kappa shape index (κ2) is 9.30. The van der Waals surface area contributed by atoms with Crippen molar-refractivity contribution in [1.82, 2.24) is 19.2 Å². The number of nitrogens with zero attached hydrogens (tertiary/aromatic N) is 5. The van der Waals surface area contributed by atoms with Gasteiger partial charge in [0.25, 0.3) is 11.5 Å². The smallest absolute Gasteiger partial charge is 0.267 e. The molecular formula is C23H27N5O4S3. The first-order chi connectivity index (χ1) is 16.7. The van der Waals surface area contributed by atoms with Crippen molar-refractivity contribution in [2.75, 3.05) is 49.1 Å². The molecule has 5 rings (SSSR count). The monoisotopic (exact) mass is 533 g/mol. The van der Waals surface area contributed by atoms with Crippen molar-refractivity contribution in [3.63, 3.8) is 0 Å². The molecule has 0 aliphatic carbocycles. The number of piperazine rings is 1. The lowest BCUT2D eigenvalue weighted by Gasteiger charge is -2.35. The number of sulfone groups is 1. The van der Waals surface area contributed by atoms with Crippen LogP contribution in [0.15, 0.2) is 28.0 Å². The van der Waals surface area contributed by atoms with E-state index in [0.29, 0.717) is 32.7 Å². The first kappa shape index (κ1) is 24.4. The van der Waals surface area contributed by atoms with Gasteiger partial charge in [0, 0.05) is 32.4 Å². The van der Waals surface area contributed by atoms with Crippen LogP contribution in [0.5, 0.6) is 0 Å². The van der Waals surface area contributed by atoms with Gasteiger partial charge in [-0.05, 0) is 37.6 Å². The molecule has 1 unspecified atom stereocenters. The van der Waals surface area contributed by atoms with Gasteiger partial charge in [-0.2, -0.15) is 0 Å². The van der Waals surface area contributed by atoms with Crippen LogP contribution in [0, 0.1) is 6.92 Å². The summed E-state index contributed by atoms with van der Waals surface area (Å²) in [5, 5.41) is 0. The van der Waals surface area contributed by atoms with Crippen LogP contribution in [0.2, 0.25) is 0 Å². The predicted octanol–water partition coefficient (Wildman–Crippen LogP) is 1.53. The lowest BCUT2D eigenvalue weighted by molar-refractivity contribution is -0.123. The highest BCUT2D eigenvalue weighted by atomic mass is 32.2. The number of pyridine rings is 1. The van der Waals surface area contributed by atoms with Gasteiger partial charge in [0.15, 0.2) is 9.84 Å². The Bertz CT molecular complexity index is 1410. The van der Waals surface area contributed by atoms with Gasteiger partial charge in [-0.1, -0.05) is 37.0 Å². The van der Waals surface area contributed by atoms with Crippen molar-refractivity contribution < 1.29 is 13.2 Å². The number of amides is 1. The van der Waals surface area contributed by atoms with E-state index in [-0.39, 0.29) is 23.0 Å². The molecule has 2 aromatic rings. The van der Waals surface area contributed by atoms with E-state index in [4.69, 9.17) is 17.2 Å². The van der Waals surface area contributed by atoms with Crippen molar-refractivity contribution in [3.8, 4) is 0 Å². The quantitative estimate of drug-likeness (QED) is 0.428. The molecule has 3 saturated heterocycles. The Hall–Kier alpha value is -2.28. The minimum Gasteiger partial charge on any atom is -0.353 e. The van der Waals surface area contributed by atoms with Gasteiger partial charge in [0.1, 0.15) is 15.8 Å². The second-order valence-electron chi connectivity index (χ2n) is 9.12. The Morgan fingerprint density at radius 1 is 1.20 bits per heavy atom. The number of hydrogen-bond donors (Lipinski definition) is 0. The zero-order valence-electron chi connectivity index (χ0n) is 19.6. The Labute approximate surface area is 213 Å². The molecule has 1 atom stereocenters. The van der Waals surface area contributed by atoms with E-state index in [9.17, 15) is 18.0 Å². The Morgan fingerprint density at radius 3 is 2.60 bits per heavy atom. The van der Waals surface area contributed by atoms with Gasteiger partial charge in [-0.3, -0.25) is 18.9 Å². The highest BCUT2D eigenvalue weighted by Gasteiger charge is 2.42. The topological polar surface area (TPSA) is 95.3 Å². The summed E-state index contributed by atoms with van der Waals surface area (Å²) in [7, 11) is -3.18. The molecule has 0 aromatic carbocycles. The molecule has 0 radical (unpaired) electrons. The summed E-state index contributed by atoms with van der Waals surface area (Å²) >= 11 is 6.56. The number of likely N-dealkylation sites (N-methyl/N-ethyl adjacent to an activating group) is 1. The molecule has 186 valence electrons. The van der Waals surface area contributed by atoms with E-state index in [1.807, 2.05) is 19.1 Å². The van der Waals surface area contributed by atoms with Crippen LogP contribution in [-0.2, 0) is 14.6 Å². The van der Waals surface area contributed by atoms with Crippen molar-refractivity contribution >= 4 is 61.6 Å². The van der Waals surface area contributed by atoms with Crippen molar-refractivity contribution in [2.24, 2.45) is 0 Å². The number of carbonyl (C=O) groups excluding carboxylic acids is 1. The Kier molecular flexibility index (Phi) is 6.49. The van der Waals surface area contributed by atoms with Crippen LogP contribution in [-0.4, -0.2) is 88.1 Å². The van der Waals surface area contributed by atoms with Crippen LogP contribution in [0.1, 0.15) is 24.5 Å². The lowest BCUT2D eigenvalue weighted by Crippen LogP contribution is -2.47. The molecule has 0 N–H and O–H groups in total. The van der Waals surface area contributed by atoms with Crippen LogP contribution >= 0.6 is 24.0 Å². The molecule has 0 saturated carbocycles. The standard InChI is InChI=1S/C23H27N5O4S3/c1-3-25-7-9-26(10-8-25)20-17(21(29)27-13-15(2)4-5-19(27)24-20)12-18-22(30)28(23(33)34-18)16-6-11-35(31,32)14-16/h4-5,12-13,16H,3,6-11,14H2,1-2H3/b18-12+. The third kappa shape index (κ3) is 4.64. The maximum Gasteiger partial charge on any atom is 0.267 e. The minimum absolute atomic E-state index is 0.0525. The van der Waals surface area contributed by atoms with Gasteiger partial charge in [-0.15, -0.1) is 0 Å². The van der Waals surface area contributed by atoms with Gasteiger partial charge >= 0.3 is 0 Å². The van der Waals surface area contributed by atoms with Crippen molar-refractivity contribution in [3.05, 3.63) is 44.7 Å². The molecule has 0 spiro atoms. The van der Waals surface area contributed by atoms with E-state index < -0.39 is 15.9 Å². The third-order valence-corrected chi connectivity index (χ3v) is 9.86. The molecule has 5 heterocycles. The van der Waals surface area contributed by atoms with Crippen LogP contribution in [0.4, 0.5) is 5.82 Å². The highest BCUT2D eigenvalue weighted by Crippen LogP contribution is 2.37. The number of thiocarbonyl (C=S) groups is 1. The third-order valence-electron chi connectivity index (χ3n) is 6.78. The summed E-state index contributed by atoms with van der Waals surface area (Å²) in [6.07, 6.45) is 3.71. The fraction of sp³-hybridized carbons (Fsp3) is 0.478. The van der Waals surface area contributed by atoms with Crippen molar-refractivity contribution in [2.45, 2.75) is 26.3 Å². The summed E-state index contributed by atoms with van der Waals surface area (Å²) in [4.78, 5) is 38.0. The molecule has 9 nitrogen and oxygen atoms in total. The number of carbonyl (C=O) groups is 1. The van der Waals surface area contributed by atoms with Gasteiger partial charge in [-0.25, -0.2) is 13.4 Å². The summed E-state index contributed by atoms with van der Waals surface area (Å²) in [6.45, 7) is 8.18. The fourth-order valence-electron chi connectivity index (χ4n) is 4.80.